The van der Waals surface area contributed by atoms with Gasteiger partial charge in [0, 0.05) is 11.5 Å². The first-order chi connectivity index (χ1) is 5.37. The van der Waals surface area contributed by atoms with E-state index in [0.29, 0.717) is 3.41 Å². The Bertz CT molecular complexity index is 149. The summed E-state index contributed by atoms with van der Waals surface area (Å²) in [5.41, 5.74) is 0. The second-order valence-corrected chi connectivity index (χ2v) is 8.94. The van der Waals surface area contributed by atoms with Gasteiger partial charge >= 0.3 is 0 Å². The number of fused-ring (bicyclic) bond motifs is 1. The van der Waals surface area contributed by atoms with Crippen molar-refractivity contribution < 1.29 is 0 Å². The molecule has 2 heterocycles. The predicted octanol–water partition coefficient (Wildman–Crippen LogP) is 3.34. The molecule has 0 saturated carbocycles. The molecule has 2 aliphatic heterocycles. The number of rotatable bonds is 3. The van der Waals surface area contributed by atoms with Crippen LogP contribution in [0.4, 0.5) is 0 Å². The molecule has 0 spiro atoms. The average Bonchev–Trinajstić information content (AvgIpc) is 2.75. The van der Waals surface area contributed by atoms with Crippen LogP contribution in [0.1, 0.15) is 13.3 Å². The number of thioether (sulfide) groups is 4. The molecule has 0 nitrogen and oxygen atoms in total. The van der Waals surface area contributed by atoms with E-state index in [9.17, 15) is 0 Å². The molecule has 0 N–H and O–H groups in total. The maximum Gasteiger partial charge on any atom is 0.129 e. The standard InChI is InChI=1S/C7H12S4/c1-2-3-9-7-6(11-7)8-4-5-10-7/h6H,2-5H2,1H3. The molecule has 2 aliphatic rings. The van der Waals surface area contributed by atoms with Crippen LogP contribution in [0.5, 0.6) is 0 Å². The van der Waals surface area contributed by atoms with E-state index in [1.54, 1.807) is 0 Å². The van der Waals surface area contributed by atoms with Crippen molar-refractivity contribution in [2.24, 2.45) is 0 Å². The number of hydrogen-bond donors (Lipinski definition) is 0. The van der Waals surface area contributed by atoms with Crippen LogP contribution in [0.2, 0.25) is 0 Å². The van der Waals surface area contributed by atoms with Gasteiger partial charge in [0.1, 0.15) is 3.41 Å². The lowest BCUT2D eigenvalue weighted by atomic mass is 10.6. The molecule has 0 bridgehead atoms. The average molecular weight is 224 g/mol. The van der Waals surface area contributed by atoms with Gasteiger partial charge in [0.05, 0.1) is 4.58 Å². The lowest BCUT2D eigenvalue weighted by Crippen LogP contribution is -2.10. The Labute approximate surface area is 85.4 Å². The molecule has 2 rings (SSSR count). The highest BCUT2D eigenvalue weighted by Gasteiger charge is 2.58. The minimum Gasteiger partial charge on any atom is -0.143 e. The molecule has 2 atom stereocenters. The highest BCUT2D eigenvalue weighted by Crippen LogP contribution is 2.73. The topological polar surface area (TPSA) is 0 Å². The quantitative estimate of drug-likeness (QED) is 0.674. The van der Waals surface area contributed by atoms with E-state index in [4.69, 9.17) is 0 Å². The summed E-state index contributed by atoms with van der Waals surface area (Å²) in [6.45, 7) is 2.27. The summed E-state index contributed by atoms with van der Waals surface area (Å²) in [6, 6.07) is 0. The molecular formula is C7H12S4. The smallest absolute Gasteiger partial charge is 0.129 e. The SMILES string of the molecule is CCCSC12SCCSC1S2. The monoisotopic (exact) mass is 224 g/mol. The molecule has 0 aromatic heterocycles. The Kier molecular flexibility index (Phi) is 2.97. The van der Waals surface area contributed by atoms with E-state index in [1.165, 1.54) is 23.7 Å². The molecule has 2 fully saturated rings. The Balaban J connectivity index is 1.82. The van der Waals surface area contributed by atoms with Crippen molar-refractivity contribution >= 4 is 47.0 Å². The molecule has 2 unspecified atom stereocenters. The maximum absolute atomic E-state index is 2.27. The van der Waals surface area contributed by atoms with Gasteiger partial charge in [0.2, 0.25) is 0 Å². The fraction of sp³-hybridized carbons (Fsp3) is 1.00. The highest BCUT2D eigenvalue weighted by atomic mass is 32.3. The van der Waals surface area contributed by atoms with Crippen LogP contribution in [0.3, 0.4) is 0 Å². The van der Waals surface area contributed by atoms with E-state index in [1.807, 2.05) is 0 Å². The Morgan fingerprint density at radius 1 is 1.55 bits per heavy atom. The fourth-order valence-corrected chi connectivity index (χ4v) is 8.76. The second-order valence-electron chi connectivity index (χ2n) is 2.62. The fourth-order valence-electron chi connectivity index (χ4n) is 1.08. The predicted molar refractivity (Wildman–Crippen MR) is 61.8 cm³/mol. The Morgan fingerprint density at radius 2 is 2.45 bits per heavy atom. The molecule has 11 heavy (non-hydrogen) atoms. The zero-order valence-electron chi connectivity index (χ0n) is 6.54. The molecule has 2 saturated heterocycles. The molecule has 4 heteroatoms. The normalized spacial score (nSPS) is 41.7. The third-order valence-corrected chi connectivity index (χ3v) is 9.63. The largest absolute Gasteiger partial charge is 0.143 e. The van der Waals surface area contributed by atoms with E-state index >= 15 is 0 Å². The van der Waals surface area contributed by atoms with Crippen molar-refractivity contribution in [3.05, 3.63) is 0 Å². The summed E-state index contributed by atoms with van der Waals surface area (Å²) in [7, 11) is 0. The van der Waals surface area contributed by atoms with Crippen LogP contribution in [-0.2, 0) is 0 Å². The summed E-state index contributed by atoms with van der Waals surface area (Å²) >= 11 is 8.70. The van der Waals surface area contributed by atoms with Gasteiger partial charge < -0.3 is 0 Å². The van der Waals surface area contributed by atoms with Crippen molar-refractivity contribution in [3.63, 3.8) is 0 Å². The summed E-state index contributed by atoms with van der Waals surface area (Å²) < 4.78 is 1.54. The molecule has 0 radical (unpaired) electrons. The summed E-state index contributed by atoms with van der Waals surface area (Å²) in [5, 5.41) is 0. The molecular weight excluding hydrogens is 212 g/mol. The molecule has 0 aliphatic carbocycles. The highest BCUT2D eigenvalue weighted by molar-refractivity contribution is 8.46. The third kappa shape index (κ3) is 1.84. The molecule has 0 aromatic carbocycles. The van der Waals surface area contributed by atoms with E-state index < -0.39 is 0 Å². The van der Waals surface area contributed by atoms with Crippen LogP contribution in [-0.4, -0.2) is 25.3 Å². The van der Waals surface area contributed by atoms with E-state index in [0.717, 1.165) is 4.58 Å². The van der Waals surface area contributed by atoms with Gasteiger partial charge in [-0.1, -0.05) is 6.92 Å². The van der Waals surface area contributed by atoms with Crippen molar-refractivity contribution in [3.8, 4) is 0 Å². The summed E-state index contributed by atoms with van der Waals surface area (Å²) in [6.07, 6.45) is 1.32. The van der Waals surface area contributed by atoms with Gasteiger partial charge in [-0.05, 0) is 12.2 Å². The zero-order chi connectivity index (χ0) is 7.73. The van der Waals surface area contributed by atoms with Crippen molar-refractivity contribution in [2.45, 2.75) is 21.3 Å². The minimum atomic E-state index is 0.610. The first-order valence-corrected chi connectivity index (χ1v) is 7.85. The molecule has 0 amide bonds. The van der Waals surface area contributed by atoms with Crippen LogP contribution in [0.15, 0.2) is 0 Å². The minimum absolute atomic E-state index is 0.610. The maximum atomic E-state index is 2.27. The first kappa shape index (κ1) is 8.97. The van der Waals surface area contributed by atoms with Crippen molar-refractivity contribution in [2.75, 3.05) is 17.3 Å². The first-order valence-electron chi connectivity index (χ1n) is 3.95. The van der Waals surface area contributed by atoms with Crippen molar-refractivity contribution in [1.29, 1.82) is 0 Å². The lowest BCUT2D eigenvalue weighted by molar-refractivity contribution is 1.10. The van der Waals surface area contributed by atoms with Crippen LogP contribution in [0.25, 0.3) is 0 Å². The van der Waals surface area contributed by atoms with Gasteiger partial charge in [-0.3, -0.25) is 0 Å². The van der Waals surface area contributed by atoms with Crippen LogP contribution >= 0.6 is 47.0 Å². The molecule has 64 valence electrons. The van der Waals surface area contributed by atoms with Crippen LogP contribution in [0, 0.1) is 0 Å². The summed E-state index contributed by atoms with van der Waals surface area (Å²) in [4.78, 5) is 0. The van der Waals surface area contributed by atoms with Gasteiger partial charge in [-0.2, -0.15) is 0 Å². The second kappa shape index (κ2) is 3.64. The van der Waals surface area contributed by atoms with E-state index in [2.05, 4.69) is 54.0 Å². The Morgan fingerprint density at radius 3 is 3.18 bits per heavy atom. The van der Waals surface area contributed by atoms with Gasteiger partial charge in [-0.15, -0.1) is 47.0 Å². The van der Waals surface area contributed by atoms with Crippen molar-refractivity contribution in [1.82, 2.24) is 0 Å². The van der Waals surface area contributed by atoms with Gasteiger partial charge in [-0.25, -0.2) is 0 Å². The van der Waals surface area contributed by atoms with Gasteiger partial charge in [0.15, 0.2) is 0 Å². The Hall–Kier alpha value is 1.40. The van der Waals surface area contributed by atoms with Crippen LogP contribution < -0.4 is 0 Å². The van der Waals surface area contributed by atoms with Gasteiger partial charge in [0.25, 0.3) is 0 Å². The third-order valence-electron chi connectivity index (χ3n) is 1.67. The molecule has 0 aromatic rings. The summed E-state index contributed by atoms with van der Waals surface area (Å²) in [5.74, 6) is 4.08. The van der Waals surface area contributed by atoms with E-state index in [-0.39, 0.29) is 0 Å². The zero-order valence-corrected chi connectivity index (χ0v) is 9.80. The lowest BCUT2D eigenvalue weighted by Gasteiger charge is -2.17. The number of hydrogen-bond acceptors (Lipinski definition) is 4.